The molecule has 2 amide bonds. The third-order valence-corrected chi connectivity index (χ3v) is 6.21. The minimum atomic E-state index is -0.433. The molecule has 0 bridgehead atoms. The number of thioether (sulfide) groups is 1. The number of carbonyl (C=O) groups excluding carboxylic acids is 2. The van der Waals surface area contributed by atoms with Gasteiger partial charge in [-0.15, -0.1) is 11.8 Å². The van der Waals surface area contributed by atoms with Crippen molar-refractivity contribution in [2.45, 2.75) is 63.4 Å². The summed E-state index contributed by atoms with van der Waals surface area (Å²) in [6, 6.07) is 19.9. The highest BCUT2D eigenvalue weighted by atomic mass is 32.2. The summed E-state index contributed by atoms with van der Waals surface area (Å²) in [4.78, 5) is 29.0. The van der Waals surface area contributed by atoms with Gasteiger partial charge in [-0.2, -0.15) is 0 Å². The van der Waals surface area contributed by atoms with Gasteiger partial charge >= 0.3 is 0 Å². The fraction of sp³-hybridized carbons (Fsp3) is 0.440. The van der Waals surface area contributed by atoms with Crippen LogP contribution in [0.25, 0.3) is 0 Å². The van der Waals surface area contributed by atoms with E-state index in [-0.39, 0.29) is 17.9 Å². The van der Waals surface area contributed by atoms with Crippen LogP contribution in [0.15, 0.2) is 65.6 Å². The summed E-state index contributed by atoms with van der Waals surface area (Å²) in [5, 5.41) is 3.06. The topological polar surface area (TPSA) is 49.4 Å². The Labute approximate surface area is 185 Å². The van der Waals surface area contributed by atoms with Crippen LogP contribution in [-0.4, -0.2) is 41.1 Å². The van der Waals surface area contributed by atoms with Gasteiger partial charge in [-0.25, -0.2) is 0 Å². The first-order valence-electron chi connectivity index (χ1n) is 10.9. The van der Waals surface area contributed by atoms with E-state index in [0.717, 1.165) is 17.7 Å². The molecule has 0 heterocycles. The zero-order valence-corrected chi connectivity index (χ0v) is 19.2. The van der Waals surface area contributed by atoms with Gasteiger partial charge in [0.1, 0.15) is 6.04 Å². The first-order valence-corrected chi connectivity index (χ1v) is 11.8. The highest BCUT2D eigenvalue weighted by molar-refractivity contribution is 7.99. The Bertz CT molecular complexity index is 767. The molecule has 2 aromatic carbocycles. The van der Waals surface area contributed by atoms with Crippen LogP contribution in [-0.2, 0) is 16.0 Å². The van der Waals surface area contributed by atoms with Gasteiger partial charge in [-0.3, -0.25) is 9.59 Å². The minimum Gasteiger partial charge on any atom is -0.352 e. The van der Waals surface area contributed by atoms with Crippen LogP contribution in [0.1, 0.15) is 45.6 Å². The minimum absolute atomic E-state index is 0.0421. The molecule has 0 radical (unpaired) electrons. The second-order valence-corrected chi connectivity index (χ2v) is 8.64. The SMILES string of the molecule is CC[C@@H](C)NC(=O)[C@@H](CC)N(CCc1ccccc1)C(=O)CCSc1ccccc1. The van der Waals surface area contributed by atoms with E-state index in [1.54, 1.807) is 16.7 Å². The lowest BCUT2D eigenvalue weighted by Crippen LogP contribution is -2.51. The van der Waals surface area contributed by atoms with Crippen molar-refractivity contribution in [2.24, 2.45) is 0 Å². The summed E-state index contributed by atoms with van der Waals surface area (Å²) in [5.41, 5.74) is 1.17. The molecule has 0 spiro atoms. The second-order valence-electron chi connectivity index (χ2n) is 7.48. The van der Waals surface area contributed by atoms with Gasteiger partial charge in [-0.1, -0.05) is 62.4 Å². The van der Waals surface area contributed by atoms with Crippen molar-refractivity contribution in [1.29, 1.82) is 0 Å². The number of rotatable bonds is 12. The second kappa shape index (κ2) is 13.1. The van der Waals surface area contributed by atoms with E-state index < -0.39 is 6.04 Å². The molecule has 0 aliphatic heterocycles. The zero-order chi connectivity index (χ0) is 21.8. The highest BCUT2D eigenvalue weighted by Crippen LogP contribution is 2.19. The summed E-state index contributed by atoms with van der Waals surface area (Å²) in [7, 11) is 0. The van der Waals surface area contributed by atoms with Crippen molar-refractivity contribution in [1.82, 2.24) is 10.2 Å². The monoisotopic (exact) mass is 426 g/mol. The first kappa shape index (κ1) is 24.0. The Kier molecular flexibility index (Phi) is 10.5. The first-order chi connectivity index (χ1) is 14.5. The molecule has 2 atom stereocenters. The normalized spacial score (nSPS) is 12.8. The molecule has 2 rings (SSSR count). The Balaban J connectivity index is 2.05. The van der Waals surface area contributed by atoms with E-state index in [1.807, 2.05) is 57.2 Å². The average Bonchev–Trinajstić information content (AvgIpc) is 2.77. The van der Waals surface area contributed by atoms with Crippen molar-refractivity contribution in [3.63, 3.8) is 0 Å². The van der Waals surface area contributed by atoms with Crippen molar-refractivity contribution in [3.05, 3.63) is 66.2 Å². The van der Waals surface area contributed by atoms with Gasteiger partial charge in [-0.05, 0) is 43.9 Å². The molecule has 5 heteroatoms. The molecule has 0 fully saturated rings. The van der Waals surface area contributed by atoms with Gasteiger partial charge in [0.05, 0.1) is 0 Å². The molecular formula is C25H34N2O2S. The van der Waals surface area contributed by atoms with Gasteiger partial charge in [0.2, 0.25) is 11.8 Å². The average molecular weight is 427 g/mol. The summed E-state index contributed by atoms with van der Waals surface area (Å²) in [6.45, 7) is 6.57. The highest BCUT2D eigenvalue weighted by Gasteiger charge is 2.28. The Morgan fingerprint density at radius 3 is 2.20 bits per heavy atom. The quantitative estimate of drug-likeness (QED) is 0.490. The summed E-state index contributed by atoms with van der Waals surface area (Å²) >= 11 is 1.67. The van der Waals surface area contributed by atoms with Crippen molar-refractivity contribution in [3.8, 4) is 0 Å². The number of nitrogens with one attached hydrogen (secondary N) is 1. The Morgan fingerprint density at radius 2 is 1.60 bits per heavy atom. The van der Waals surface area contributed by atoms with Crippen LogP contribution in [0, 0.1) is 0 Å². The van der Waals surface area contributed by atoms with E-state index in [9.17, 15) is 9.59 Å². The lowest BCUT2D eigenvalue weighted by molar-refractivity contribution is -0.140. The van der Waals surface area contributed by atoms with Crippen LogP contribution in [0.4, 0.5) is 0 Å². The predicted molar refractivity (Wildman–Crippen MR) is 126 cm³/mol. The number of amides is 2. The van der Waals surface area contributed by atoms with Crippen LogP contribution < -0.4 is 5.32 Å². The molecule has 0 aliphatic carbocycles. The lowest BCUT2D eigenvalue weighted by atomic mass is 10.1. The summed E-state index contributed by atoms with van der Waals surface area (Å²) in [5.74, 6) is 0.693. The zero-order valence-electron chi connectivity index (χ0n) is 18.3. The number of benzene rings is 2. The van der Waals surface area contributed by atoms with E-state index >= 15 is 0 Å². The van der Waals surface area contributed by atoms with Crippen LogP contribution >= 0.6 is 11.8 Å². The smallest absolute Gasteiger partial charge is 0.243 e. The van der Waals surface area contributed by atoms with E-state index in [4.69, 9.17) is 0 Å². The molecule has 2 aromatic rings. The number of hydrogen-bond acceptors (Lipinski definition) is 3. The fourth-order valence-electron chi connectivity index (χ4n) is 3.25. The maximum Gasteiger partial charge on any atom is 0.243 e. The largest absolute Gasteiger partial charge is 0.352 e. The van der Waals surface area contributed by atoms with Crippen LogP contribution in [0.3, 0.4) is 0 Å². The maximum atomic E-state index is 13.1. The number of nitrogens with zero attached hydrogens (tertiary/aromatic N) is 1. The molecule has 0 unspecified atom stereocenters. The van der Waals surface area contributed by atoms with Crippen molar-refractivity contribution < 1.29 is 9.59 Å². The van der Waals surface area contributed by atoms with E-state index in [1.165, 1.54) is 5.56 Å². The molecule has 0 aromatic heterocycles. The van der Waals surface area contributed by atoms with Gasteiger partial charge in [0.15, 0.2) is 0 Å². The van der Waals surface area contributed by atoms with Crippen LogP contribution in [0.2, 0.25) is 0 Å². The van der Waals surface area contributed by atoms with Gasteiger partial charge in [0, 0.05) is 29.7 Å². The van der Waals surface area contributed by atoms with E-state index in [0.29, 0.717) is 25.1 Å². The molecule has 1 N–H and O–H groups in total. The third kappa shape index (κ3) is 7.86. The van der Waals surface area contributed by atoms with E-state index in [2.05, 4.69) is 29.6 Å². The van der Waals surface area contributed by atoms with Crippen molar-refractivity contribution >= 4 is 23.6 Å². The molecule has 30 heavy (non-hydrogen) atoms. The molecule has 162 valence electrons. The molecule has 4 nitrogen and oxygen atoms in total. The van der Waals surface area contributed by atoms with Crippen molar-refractivity contribution in [2.75, 3.05) is 12.3 Å². The number of hydrogen-bond donors (Lipinski definition) is 1. The third-order valence-electron chi connectivity index (χ3n) is 5.20. The Hall–Kier alpha value is -2.27. The summed E-state index contributed by atoms with van der Waals surface area (Å²) < 4.78 is 0. The molecule has 0 saturated heterocycles. The maximum absolute atomic E-state index is 13.1. The Morgan fingerprint density at radius 1 is 0.967 bits per heavy atom. The lowest BCUT2D eigenvalue weighted by Gasteiger charge is -2.31. The predicted octanol–water partition coefficient (Wildman–Crippen LogP) is 4.93. The van der Waals surface area contributed by atoms with Gasteiger partial charge < -0.3 is 10.2 Å². The number of carbonyl (C=O) groups is 2. The summed E-state index contributed by atoms with van der Waals surface area (Å²) in [6.07, 6.45) is 2.63. The molecular weight excluding hydrogens is 392 g/mol. The molecule has 0 aliphatic rings. The fourth-order valence-corrected chi connectivity index (χ4v) is 4.12. The van der Waals surface area contributed by atoms with Gasteiger partial charge in [0.25, 0.3) is 0 Å². The molecule has 0 saturated carbocycles. The standard InChI is InChI=1S/C25H34N2O2S/c1-4-20(3)26-25(29)23(5-2)27(18-16-21-12-8-6-9-13-21)24(28)17-19-30-22-14-10-7-11-15-22/h6-15,20,23H,4-5,16-19H2,1-3H3,(H,26,29)/t20-,23-/m1/s1. The van der Waals surface area contributed by atoms with Crippen LogP contribution in [0.5, 0.6) is 0 Å².